The van der Waals surface area contributed by atoms with E-state index in [1.807, 2.05) is 0 Å². The first kappa shape index (κ1) is 10.1. The quantitative estimate of drug-likeness (QED) is 0.691. The van der Waals surface area contributed by atoms with Crippen LogP contribution in [0.25, 0.3) is 12.2 Å². The highest BCUT2D eigenvalue weighted by Gasteiger charge is 2.00. The number of primary amides is 1. The molecule has 72 valence electrons. The Kier molecular flexibility index (Phi) is 3.07. The smallest absolute Gasteiger partial charge is 0.265 e. The van der Waals surface area contributed by atoms with Gasteiger partial charge in [-0.15, -0.1) is 0 Å². The highest BCUT2D eigenvalue weighted by Crippen LogP contribution is 1.83. The molecule has 1 aromatic heterocycles. The van der Waals surface area contributed by atoms with Crippen molar-refractivity contribution in [2.24, 2.45) is 5.73 Å². The van der Waals surface area contributed by atoms with Crippen molar-refractivity contribution in [1.29, 1.82) is 0 Å². The minimum absolute atomic E-state index is 0.381. The van der Waals surface area contributed by atoms with Crippen LogP contribution >= 0.6 is 0 Å². The summed E-state index contributed by atoms with van der Waals surface area (Å²) in [6, 6.07) is 1.68. The number of nitrogens with two attached hydrogens (primary N) is 1. The third kappa shape index (κ3) is 2.01. The van der Waals surface area contributed by atoms with Gasteiger partial charge < -0.3 is 10.7 Å². The number of rotatable bonds is 3. The first-order valence-electron chi connectivity index (χ1n) is 4.13. The Morgan fingerprint density at radius 1 is 1.36 bits per heavy atom. The molecule has 0 aliphatic carbocycles. The van der Waals surface area contributed by atoms with Gasteiger partial charge in [0.1, 0.15) is 5.69 Å². The number of amides is 1. The van der Waals surface area contributed by atoms with Crippen LogP contribution in [0, 0.1) is 0 Å². The summed E-state index contributed by atoms with van der Waals surface area (Å²) >= 11 is 0. The van der Waals surface area contributed by atoms with Gasteiger partial charge in [-0.25, -0.2) is 0 Å². The van der Waals surface area contributed by atoms with Crippen LogP contribution in [0.1, 0.15) is 10.5 Å². The van der Waals surface area contributed by atoms with E-state index in [1.54, 1.807) is 30.4 Å². The van der Waals surface area contributed by atoms with Gasteiger partial charge in [-0.2, -0.15) is 0 Å². The van der Waals surface area contributed by atoms with E-state index < -0.39 is 5.91 Å². The topological polar surface area (TPSA) is 58.9 Å². The molecule has 3 heteroatoms. The maximum absolute atomic E-state index is 10.9. The Bertz CT molecular complexity index is 442. The Morgan fingerprint density at radius 2 is 2.00 bits per heavy atom. The van der Waals surface area contributed by atoms with Gasteiger partial charge in [-0.1, -0.05) is 31.4 Å². The highest BCUT2D eigenvalue weighted by molar-refractivity contribution is 5.91. The predicted molar refractivity (Wildman–Crippen MR) is 57.9 cm³/mol. The lowest BCUT2D eigenvalue weighted by molar-refractivity contribution is 0.0996. The van der Waals surface area contributed by atoms with Crippen LogP contribution in [-0.2, 0) is 0 Å². The second kappa shape index (κ2) is 4.28. The van der Waals surface area contributed by atoms with Crippen LogP contribution in [0.5, 0.6) is 0 Å². The van der Waals surface area contributed by atoms with Crippen molar-refractivity contribution in [1.82, 2.24) is 4.98 Å². The Morgan fingerprint density at radius 3 is 2.50 bits per heavy atom. The van der Waals surface area contributed by atoms with Gasteiger partial charge in [-0.05, 0) is 12.1 Å². The van der Waals surface area contributed by atoms with E-state index in [2.05, 4.69) is 18.1 Å². The first-order chi connectivity index (χ1) is 6.69. The lowest BCUT2D eigenvalue weighted by Crippen LogP contribution is -2.21. The third-order valence-corrected chi connectivity index (χ3v) is 1.73. The summed E-state index contributed by atoms with van der Waals surface area (Å²) in [7, 11) is 0. The number of aromatic nitrogens is 1. The molecule has 0 radical (unpaired) electrons. The molecule has 0 aromatic carbocycles. The summed E-state index contributed by atoms with van der Waals surface area (Å²) < 4.78 is 0. The van der Waals surface area contributed by atoms with E-state index in [-0.39, 0.29) is 0 Å². The third-order valence-electron chi connectivity index (χ3n) is 1.73. The summed E-state index contributed by atoms with van der Waals surface area (Å²) in [5.74, 6) is -0.479. The molecule has 1 amide bonds. The lowest BCUT2D eigenvalue weighted by atomic mass is 10.3. The zero-order chi connectivity index (χ0) is 10.6. The van der Waals surface area contributed by atoms with Gasteiger partial charge >= 0.3 is 0 Å². The largest absolute Gasteiger partial charge is 0.364 e. The molecule has 0 spiro atoms. The van der Waals surface area contributed by atoms with Crippen molar-refractivity contribution in [3.05, 3.63) is 47.6 Å². The summed E-state index contributed by atoms with van der Waals surface area (Å²) in [5.41, 5.74) is 5.52. The normalized spacial score (nSPS) is 12.9. The molecule has 1 heterocycles. The summed E-state index contributed by atoms with van der Waals surface area (Å²) in [6.07, 6.45) is 6.84. The monoisotopic (exact) mass is 188 g/mol. The number of allylic oxidation sites excluding steroid dienone is 2. The number of carbonyl (C=O) groups is 1. The molecule has 0 saturated heterocycles. The Balaban J connectivity index is 3.49. The van der Waals surface area contributed by atoms with Crippen LogP contribution in [-0.4, -0.2) is 10.9 Å². The molecule has 0 unspecified atom stereocenters. The molecule has 0 aliphatic rings. The second-order valence-electron chi connectivity index (χ2n) is 2.72. The molecular weight excluding hydrogens is 176 g/mol. The van der Waals surface area contributed by atoms with Crippen LogP contribution in [0.15, 0.2) is 31.4 Å². The average Bonchev–Trinajstić information content (AvgIpc) is 2.50. The van der Waals surface area contributed by atoms with Crippen molar-refractivity contribution < 1.29 is 4.79 Å². The van der Waals surface area contributed by atoms with Crippen molar-refractivity contribution in [3.63, 3.8) is 0 Å². The van der Waals surface area contributed by atoms with Crippen molar-refractivity contribution >= 4 is 18.1 Å². The molecular formula is C11H12N2O. The highest BCUT2D eigenvalue weighted by atomic mass is 16.1. The summed E-state index contributed by atoms with van der Waals surface area (Å²) in [6.45, 7) is 7.17. The minimum atomic E-state index is -0.479. The molecule has 14 heavy (non-hydrogen) atoms. The van der Waals surface area contributed by atoms with Crippen LogP contribution in [0.4, 0.5) is 0 Å². The summed E-state index contributed by atoms with van der Waals surface area (Å²) in [4.78, 5) is 13.8. The minimum Gasteiger partial charge on any atom is -0.364 e. The molecule has 0 atom stereocenters. The van der Waals surface area contributed by atoms with E-state index in [4.69, 9.17) is 5.73 Å². The molecule has 0 aliphatic heterocycles. The van der Waals surface area contributed by atoms with Gasteiger partial charge in [0.2, 0.25) is 0 Å². The molecule has 1 aromatic rings. The molecule has 1 rings (SSSR count). The van der Waals surface area contributed by atoms with Gasteiger partial charge in [0, 0.05) is 10.6 Å². The fraction of sp³-hybridized carbons (Fsp3) is 0. The van der Waals surface area contributed by atoms with Crippen LogP contribution < -0.4 is 16.3 Å². The van der Waals surface area contributed by atoms with Crippen molar-refractivity contribution in [2.45, 2.75) is 0 Å². The van der Waals surface area contributed by atoms with Crippen molar-refractivity contribution in [2.75, 3.05) is 0 Å². The SMILES string of the molecule is C=C/C=c1/cc(C(N)=O)[nH]/c1=C/C=C. The maximum atomic E-state index is 10.9. The van der Waals surface area contributed by atoms with E-state index in [9.17, 15) is 4.79 Å². The van der Waals surface area contributed by atoms with Gasteiger partial charge in [0.05, 0.1) is 0 Å². The fourth-order valence-electron chi connectivity index (χ4n) is 1.14. The number of H-pyrrole nitrogens is 1. The lowest BCUT2D eigenvalue weighted by Gasteiger charge is -1.83. The van der Waals surface area contributed by atoms with Gasteiger partial charge in [0.25, 0.3) is 5.91 Å². The van der Waals surface area contributed by atoms with E-state index >= 15 is 0 Å². The zero-order valence-electron chi connectivity index (χ0n) is 7.79. The van der Waals surface area contributed by atoms with Crippen LogP contribution in [0.2, 0.25) is 0 Å². The second-order valence-corrected chi connectivity index (χ2v) is 2.72. The van der Waals surface area contributed by atoms with Gasteiger partial charge in [0.15, 0.2) is 0 Å². The summed E-state index contributed by atoms with van der Waals surface area (Å²) in [5, 5.41) is 1.67. The number of hydrogen-bond acceptors (Lipinski definition) is 1. The molecule has 0 fully saturated rings. The van der Waals surface area contributed by atoms with Crippen LogP contribution in [0.3, 0.4) is 0 Å². The predicted octanol–water partition coefficient (Wildman–Crippen LogP) is 0.0466. The van der Waals surface area contributed by atoms with Gasteiger partial charge in [-0.3, -0.25) is 4.79 Å². The molecule has 0 bridgehead atoms. The Hall–Kier alpha value is -2.03. The molecule has 3 nitrogen and oxygen atoms in total. The average molecular weight is 188 g/mol. The van der Waals surface area contributed by atoms with E-state index in [0.717, 1.165) is 10.6 Å². The van der Waals surface area contributed by atoms with E-state index in [0.29, 0.717) is 5.69 Å². The van der Waals surface area contributed by atoms with Crippen molar-refractivity contribution in [3.8, 4) is 0 Å². The number of carbonyl (C=O) groups excluding carboxylic acids is 1. The standard InChI is InChI=1S/C11H12N2O/c1-3-5-8-7-10(11(12)14)13-9(8)6-4-2/h3-7,13H,1-2H2,(H2,12,14)/b8-5-,9-6+. The number of nitrogens with one attached hydrogen (secondary N) is 1. The van der Waals surface area contributed by atoms with E-state index in [1.165, 1.54) is 0 Å². The molecule has 3 N–H and O–H groups in total. The number of aromatic amines is 1. The zero-order valence-corrected chi connectivity index (χ0v) is 7.79. The Labute approximate surface area is 81.9 Å². The molecule has 0 saturated carbocycles. The number of hydrogen-bond donors (Lipinski definition) is 2. The maximum Gasteiger partial charge on any atom is 0.265 e. The first-order valence-corrected chi connectivity index (χ1v) is 4.13. The fourth-order valence-corrected chi connectivity index (χ4v) is 1.14.